The lowest BCUT2D eigenvalue weighted by Crippen LogP contribution is -2.20. The standard InChI is InChI=1S/C12H18N4O/c1-16(6-3-7-17-2)12-14-10-5-4-9(13)8-11(10)15-12/h4-5,8H,3,6-7,13H2,1-2H3,(H,14,15). The van der Waals surface area contributed by atoms with Crippen LogP contribution >= 0.6 is 0 Å². The number of methoxy groups -OCH3 is 1. The quantitative estimate of drug-likeness (QED) is 0.609. The van der Waals surface area contributed by atoms with Crippen LogP contribution in [0.2, 0.25) is 0 Å². The van der Waals surface area contributed by atoms with Crippen molar-refractivity contribution in [1.82, 2.24) is 9.97 Å². The maximum absolute atomic E-state index is 5.73. The average molecular weight is 234 g/mol. The van der Waals surface area contributed by atoms with Crippen LogP contribution in [0.5, 0.6) is 0 Å². The fraction of sp³-hybridized carbons (Fsp3) is 0.417. The average Bonchev–Trinajstić information content (AvgIpc) is 2.72. The highest BCUT2D eigenvalue weighted by molar-refractivity contribution is 5.80. The summed E-state index contributed by atoms with van der Waals surface area (Å²) in [6.45, 7) is 1.67. The zero-order valence-electron chi connectivity index (χ0n) is 10.2. The van der Waals surface area contributed by atoms with Gasteiger partial charge in [0, 0.05) is 33.0 Å². The zero-order chi connectivity index (χ0) is 12.3. The van der Waals surface area contributed by atoms with Crippen molar-refractivity contribution < 1.29 is 4.74 Å². The summed E-state index contributed by atoms with van der Waals surface area (Å²) in [4.78, 5) is 9.84. The molecule has 0 aliphatic rings. The van der Waals surface area contributed by atoms with Crippen LogP contribution in [-0.4, -0.2) is 37.3 Å². The summed E-state index contributed by atoms with van der Waals surface area (Å²) in [5.41, 5.74) is 8.38. The van der Waals surface area contributed by atoms with E-state index in [-0.39, 0.29) is 0 Å². The second-order valence-corrected chi connectivity index (χ2v) is 4.10. The number of imidazole rings is 1. The predicted molar refractivity (Wildman–Crippen MR) is 70.3 cm³/mol. The van der Waals surface area contributed by atoms with E-state index >= 15 is 0 Å². The molecule has 0 aliphatic heterocycles. The number of fused-ring (bicyclic) bond motifs is 1. The Morgan fingerprint density at radius 3 is 3.06 bits per heavy atom. The van der Waals surface area contributed by atoms with Crippen molar-refractivity contribution in [1.29, 1.82) is 0 Å². The van der Waals surface area contributed by atoms with Crippen LogP contribution in [0.4, 0.5) is 11.6 Å². The van der Waals surface area contributed by atoms with Gasteiger partial charge in [0.15, 0.2) is 0 Å². The van der Waals surface area contributed by atoms with Gasteiger partial charge in [-0.2, -0.15) is 0 Å². The molecule has 0 unspecified atom stereocenters. The Hall–Kier alpha value is -1.75. The minimum Gasteiger partial charge on any atom is -0.399 e. The number of ether oxygens (including phenoxy) is 1. The third-order valence-electron chi connectivity index (χ3n) is 2.70. The molecule has 0 bridgehead atoms. The molecule has 1 aromatic carbocycles. The molecule has 0 amide bonds. The van der Waals surface area contributed by atoms with Gasteiger partial charge in [0.25, 0.3) is 0 Å². The monoisotopic (exact) mass is 234 g/mol. The van der Waals surface area contributed by atoms with E-state index in [1.807, 2.05) is 25.2 Å². The van der Waals surface area contributed by atoms with Crippen LogP contribution in [0.1, 0.15) is 6.42 Å². The van der Waals surface area contributed by atoms with E-state index in [0.717, 1.165) is 42.2 Å². The van der Waals surface area contributed by atoms with E-state index in [4.69, 9.17) is 10.5 Å². The lowest BCUT2D eigenvalue weighted by molar-refractivity contribution is 0.196. The first-order valence-electron chi connectivity index (χ1n) is 5.66. The van der Waals surface area contributed by atoms with E-state index in [2.05, 4.69) is 14.9 Å². The van der Waals surface area contributed by atoms with Crippen LogP contribution in [-0.2, 0) is 4.74 Å². The predicted octanol–water partition coefficient (Wildman–Crippen LogP) is 1.62. The van der Waals surface area contributed by atoms with Crippen LogP contribution in [0, 0.1) is 0 Å². The molecule has 0 saturated carbocycles. The Labute approximate surface area is 101 Å². The number of hydrogen-bond acceptors (Lipinski definition) is 4. The summed E-state index contributed by atoms with van der Waals surface area (Å²) >= 11 is 0. The summed E-state index contributed by atoms with van der Waals surface area (Å²) in [5, 5.41) is 0. The molecule has 0 saturated heterocycles. The lowest BCUT2D eigenvalue weighted by Gasteiger charge is -2.14. The normalized spacial score (nSPS) is 10.9. The summed E-state index contributed by atoms with van der Waals surface area (Å²) in [6, 6.07) is 5.68. The maximum Gasteiger partial charge on any atom is 0.203 e. The molecule has 2 rings (SSSR count). The highest BCUT2D eigenvalue weighted by Crippen LogP contribution is 2.18. The molecule has 2 aromatic rings. The molecule has 1 heterocycles. The first-order valence-corrected chi connectivity index (χ1v) is 5.66. The number of hydrogen-bond donors (Lipinski definition) is 2. The minimum atomic E-state index is 0.745. The highest BCUT2D eigenvalue weighted by atomic mass is 16.5. The molecule has 0 atom stereocenters. The molecule has 5 nitrogen and oxygen atoms in total. The third-order valence-corrected chi connectivity index (χ3v) is 2.70. The van der Waals surface area contributed by atoms with Crippen molar-refractivity contribution in [2.75, 3.05) is 37.9 Å². The van der Waals surface area contributed by atoms with Gasteiger partial charge in [0.1, 0.15) is 0 Å². The smallest absolute Gasteiger partial charge is 0.203 e. The summed E-state index contributed by atoms with van der Waals surface area (Å²) in [7, 11) is 3.72. The first-order chi connectivity index (χ1) is 8.20. The topological polar surface area (TPSA) is 67.2 Å². The molecular weight excluding hydrogens is 216 g/mol. The fourth-order valence-electron chi connectivity index (χ4n) is 1.75. The summed E-state index contributed by atoms with van der Waals surface area (Å²) < 4.78 is 5.03. The molecule has 92 valence electrons. The van der Waals surface area contributed by atoms with E-state index < -0.39 is 0 Å². The van der Waals surface area contributed by atoms with Gasteiger partial charge in [0.05, 0.1) is 11.0 Å². The maximum atomic E-state index is 5.73. The molecule has 3 N–H and O–H groups in total. The second kappa shape index (κ2) is 5.05. The number of rotatable bonds is 5. The molecule has 17 heavy (non-hydrogen) atoms. The van der Waals surface area contributed by atoms with Crippen LogP contribution < -0.4 is 10.6 Å². The Balaban J connectivity index is 2.12. The largest absolute Gasteiger partial charge is 0.399 e. The van der Waals surface area contributed by atoms with Crippen molar-refractivity contribution in [2.24, 2.45) is 0 Å². The van der Waals surface area contributed by atoms with Crippen molar-refractivity contribution >= 4 is 22.7 Å². The Bertz CT molecular complexity index is 494. The third kappa shape index (κ3) is 2.68. The van der Waals surface area contributed by atoms with E-state index in [9.17, 15) is 0 Å². The number of benzene rings is 1. The van der Waals surface area contributed by atoms with Crippen LogP contribution in [0.15, 0.2) is 18.2 Å². The first kappa shape index (κ1) is 11.7. The molecular formula is C12H18N4O. The number of nitrogens with one attached hydrogen (secondary N) is 1. The van der Waals surface area contributed by atoms with E-state index in [1.54, 1.807) is 7.11 Å². The second-order valence-electron chi connectivity index (χ2n) is 4.10. The number of aromatic nitrogens is 2. The minimum absolute atomic E-state index is 0.745. The molecule has 0 spiro atoms. The number of nitrogens with zero attached hydrogens (tertiary/aromatic N) is 2. The fourth-order valence-corrected chi connectivity index (χ4v) is 1.75. The Morgan fingerprint density at radius 2 is 2.29 bits per heavy atom. The van der Waals surface area contributed by atoms with Crippen LogP contribution in [0.25, 0.3) is 11.0 Å². The number of H-pyrrole nitrogens is 1. The van der Waals surface area contributed by atoms with Crippen molar-refractivity contribution in [3.05, 3.63) is 18.2 Å². The molecule has 0 aliphatic carbocycles. The van der Waals surface area contributed by atoms with Gasteiger partial charge in [-0.25, -0.2) is 4.98 Å². The van der Waals surface area contributed by atoms with Crippen LogP contribution in [0.3, 0.4) is 0 Å². The molecule has 1 aromatic heterocycles. The number of anilines is 2. The van der Waals surface area contributed by atoms with E-state index in [0.29, 0.717) is 0 Å². The van der Waals surface area contributed by atoms with Gasteiger partial charge in [0.2, 0.25) is 5.95 Å². The van der Waals surface area contributed by atoms with Gasteiger partial charge in [-0.1, -0.05) is 0 Å². The van der Waals surface area contributed by atoms with Crippen molar-refractivity contribution in [3.63, 3.8) is 0 Å². The van der Waals surface area contributed by atoms with Gasteiger partial charge in [-0.3, -0.25) is 0 Å². The van der Waals surface area contributed by atoms with E-state index in [1.165, 1.54) is 0 Å². The SMILES string of the molecule is COCCCN(C)c1nc2ccc(N)cc2[nH]1. The van der Waals surface area contributed by atoms with Gasteiger partial charge in [-0.05, 0) is 24.6 Å². The van der Waals surface area contributed by atoms with Crippen molar-refractivity contribution in [2.45, 2.75) is 6.42 Å². The van der Waals surface area contributed by atoms with Gasteiger partial charge < -0.3 is 20.4 Å². The molecule has 0 radical (unpaired) electrons. The Morgan fingerprint density at radius 1 is 1.47 bits per heavy atom. The molecule has 5 heteroatoms. The number of aromatic amines is 1. The zero-order valence-corrected chi connectivity index (χ0v) is 10.2. The van der Waals surface area contributed by atoms with Crippen molar-refractivity contribution in [3.8, 4) is 0 Å². The summed E-state index contributed by atoms with van der Waals surface area (Å²) in [5.74, 6) is 0.863. The number of nitrogens with two attached hydrogens (primary N) is 1. The summed E-state index contributed by atoms with van der Waals surface area (Å²) in [6.07, 6.45) is 0.978. The van der Waals surface area contributed by atoms with Gasteiger partial charge in [-0.15, -0.1) is 0 Å². The lowest BCUT2D eigenvalue weighted by atomic mass is 10.3. The number of nitrogen functional groups attached to an aromatic ring is 1. The Kier molecular flexibility index (Phi) is 3.49. The van der Waals surface area contributed by atoms with Gasteiger partial charge >= 0.3 is 0 Å². The highest BCUT2D eigenvalue weighted by Gasteiger charge is 2.07. The molecule has 0 fully saturated rings.